The van der Waals surface area contributed by atoms with Gasteiger partial charge in [0.15, 0.2) is 11.5 Å². The van der Waals surface area contributed by atoms with Crippen molar-refractivity contribution in [3.8, 4) is 11.5 Å². The second-order valence-electron chi connectivity index (χ2n) is 5.28. The van der Waals surface area contributed by atoms with Crippen molar-refractivity contribution in [2.45, 2.75) is 33.4 Å². The summed E-state index contributed by atoms with van der Waals surface area (Å²) in [7, 11) is 0. The molecule has 2 aromatic rings. The summed E-state index contributed by atoms with van der Waals surface area (Å²) in [4.78, 5) is 0. The molecule has 0 saturated heterocycles. The van der Waals surface area contributed by atoms with E-state index >= 15 is 0 Å². The fourth-order valence-corrected chi connectivity index (χ4v) is 2.87. The lowest BCUT2D eigenvalue weighted by atomic mass is 10.1. The lowest BCUT2D eigenvalue weighted by Crippen LogP contribution is -2.18. The van der Waals surface area contributed by atoms with E-state index in [1.807, 2.05) is 26.0 Å². The molecule has 5 heteroatoms. The van der Waals surface area contributed by atoms with Gasteiger partial charge in [0, 0.05) is 18.2 Å². The largest absolute Gasteiger partial charge is 0.466 e. The van der Waals surface area contributed by atoms with E-state index in [1.54, 1.807) is 0 Å². The fraction of sp³-hybridized carbons (Fsp3) is 0.375. The van der Waals surface area contributed by atoms with Crippen molar-refractivity contribution in [3.63, 3.8) is 0 Å². The molecule has 1 aromatic carbocycles. The molecule has 1 aliphatic heterocycles. The number of benzene rings is 1. The Morgan fingerprint density at radius 3 is 2.76 bits per heavy atom. The number of hydrogen-bond donors (Lipinski definition) is 1. The Morgan fingerprint density at radius 2 is 2.05 bits per heavy atom. The van der Waals surface area contributed by atoms with Crippen LogP contribution < -0.4 is 14.8 Å². The minimum atomic E-state index is 0.201. The zero-order valence-corrected chi connectivity index (χ0v) is 13.1. The van der Waals surface area contributed by atoms with Crippen LogP contribution >= 0.6 is 11.6 Å². The summed E-state index contributed by atoms with van der Waals surface area (Å²) in [5, 5.41) is 4.06. The Balaban J connectivity index is 1.70. The van der Waals surface area contributed by atoms with Crippen molar-refractivity contribution in [2.24, 2.45) is 0 Å². The maximum Gasteiger partial charge on any atom is 0.231 e. The van der Waals surface area contributed by atoms with E-state index < -0.39 is 0 Å². The van der Waals surface area contributed by atoms with Crippen LogP contribution in [-0.4, -0.2) is 6.79 Å². The quantitative estimate of drug-likeness (QED) is 0.922. The van der Waals surface area contributed by atoms with Crippen molar-refractivity contribution in [3.05, 3.63) is 45.9 Å². The third kappa shape index (κ3) is 2.87. The van der Waals surface area contributed by atoms with E-state index in [1.165, 1.54) is 5.56 Å². The maximum atomic E-state index is 6.19. The number of halogens is 1. The highest BCUT2D eigenvalue weighted by molar-refractivity contribution is 6.32. The third-order valence-electron chi connectivity index (χ3n) is 3.65. The van der Waals surface area contributed by atoms with Gasteiger partial charge in [-0.15, -0.1) is 0 Å². The van der Waals surface area contributed by atoms with E-state index in [0.717, 1.165) is 17.1 Å². The van der Waals surface area contributed by atoms with Gasteiger partial charge in [0.2, 0.25) is 6.79 Å². The highest BCUT2D eigenvalue weighted by atomic mass is 35.5. The summed E-state index contributed by atoms with van der Waals surface area (Å²) in [5.74, 6) is 3.23. The topological polar surface area (TPSA) is 43.6 Å². The monoisotopic (exact) mass is 307 g/mol. The molecule has 0 amide bonds. The van der Waals surface area contributed by atoms with Gasteiger partial charge in [-0.2, -0.15) is 0 Å². The lowest BCUT2D eigenvalue weighted by molar-refractivity contribution is 0.174. The van der Waals surface area contributed by atoms with Gasteiger partial charge in [0.1, 0.15) is 11.5 Å². The zero-order chi connectivity index (χ0) is 15.0. The van der Waals surface area contributed by atoms with Crippen LogP contribution in [0.5, 0.6) is 11.5 Å². The molecule has 21 heavy (non-hydrogen) atoms. The molecule has 0 fully saturated rings. The van der Waals surface area contributed by atoms with Gasteiger partial charge < -0.3 is 19.2 Å². The van der Waals surface area contributed by atoms with Crippen molar-refractivity contribution >= 4 is 11.6 Å². The predicted octanol–water partition coefficient (Wildman–Crippen LogP) is 4.13. The summed E-state index contributed by atoms with van der Waals surface area (Å²) >= 11 is 6.19. The molecular formula is C16H18ClNO3. The number of hydrogen-bond acceptors (Lipinski definition) is 4. The molecule has 0 spiro atoms. The van der Waals surface area contributed by atoms with Gasteiger partial charge in [-0.3, -0.25) is 0 Å². The summed E-state index contributed by atoms with van der Waals surface area (Å²) in [6, 6.07) is 6.13. The number of aryl methyl sites for hydroxylation is 2. The van der Waals surface area contributed by atoms with Gasteiger partial charge in [0.25, 0.3) is 0 Å². The Hall–Kier alpha value is -1.65. The summed E-state index contributed by atoms with van der Waals surface area (Å²) in [6.07, 6.45) is 0. The van der Waals surface area contributed by atoms with Crippen molar-refractivity contribution in [2.75, 3.05) is 6.79 Å². The average molecular weight is 308 g/mol. The van der Waals surface area contributed by atoms with Gasteiger partial charge in [0.05, 0.1) is 5.02 Å². The maximum absolute atomic E-state index is 6.19. The molecule has 0 aliphatic carbocycles. The number of rotatable bonds is 4. The van der Waals surface area contributed by atoms with Crippen molar-refractivity contribution in [1.29, 1.82) is 0 Å². The summed E-state index contributed by atoms with van der Waals surface area (Å²) < 4.78 is 16.3. The molecule has 1 aliphatic rings. The summed E-state index contributed by atoms with van der Waals surface area (Å²) in [6.45, 7) is 6.99. The molecule has 112 valence electrons. The van der Waals surface area contributed by atoms with Crippen molar-refractivity contribution < 1.29 is 13.9 Å². The highest BCUT2D eigenvalue weighted by Crippen LogP contribution is 2.39. The van der Waals surface area contributed by atoms with E-state index in [9.17, 15) is 0 Å². The first-order valence-corrected chi connectivity index (χ1v) is 7.30. The molecule has 1 atom stereocenters. The highest BCUT2D eigenvalue weighted by Gasteiger charge is 2.19. The van der Waals surface area contributed by atoms with Gasteiger partial charge in [-0.05, 0) is 44.5 Å². The number of furan rings is 1. The van der Waals surface area contributed by atoms with Gasteiger partial charge in [-0.1, -0.05) is 11.6 Å². The SMILES string of the molecule is Cc1cc(C(C)NCc2cc(Cl)c3c(c2)OCO3)c(C)o1. The Labute approximate surface area is 129 Å². The third-order valence-corrected chi connectivity index (χ3v) is 3.93. The fourth-order valence-electron chi connectivity index (χ4n) is 2.58. The lowest BCUT2D eigenvalue weighted by Gasteiger charge is -2.13. The number of fused-ring (bicyclic) bond motifs is 1. The van der Waals surface area contributed by atoms with E-state index in [2.05, 4.69) is 18.3 Å². The first kappa shape index (κ1) is 14.3. The van der Waals surface area contributed by atoms with Gasteiger partial charge >= 0.3 is 0 Å². The second-order valence-corrected chi connectivity index (χ2v) is 5.69. The minimum Gasteiger partial charge on any atom is -0.466 e. The molecule has 0 radical (unpaired) electrons. The molecule has 3 rings (SSSR count). The zero-order valence-electron chi connectivity index (χ0n) is 12.3. The molecule has 2 heterocycles. The van der Waals surface area contributed by atoms with Crippen LogP contribution in [0.15, 0.2) is 22.6 Å². The van der Waals surface area contributed by atoms with Crippen LogP contribution in [0.2, 0.25) is 5.02 Å². The Kier molecular flexibility index (Phi) is 3.83. The van der Waals surface area contributed by atoms with E-state index in [4.69, 9.17) is 25.5 Å². The smallest absolute Gasteiger partial charge is 0.231 e. The van der Waals surface area contributed by atoms with Gasteiger partial charge in [-0.25, -0.2) is 0 Å². The molecule has 4 nitrogen and oxygen atoms in total. The molecule has 1 N–H and O–H groups in total. The van der Waals surface area contributed by atoms with Crippen LogP contribution in [0.4, 0.5) is 0 Å². The first-order valence-electron chi connectivity index (χ1n) is 6.93. The number of nitrogens with one attached hydrogen (secondary N) is 1. The normalized spacial score (nSPS) is 14.5. The van der Waals surface area contributed by atoms with Crippen LogP contribution in [0.25, 0.3) is 0 Å². The molecule has 1 aromatic heterocycles. The average Bonchev–Trinajstić information content (AvgIpc) is 3.02. The molecule has 0 saturated carbocycles. The predicted molar refractivity (Wildman–Crippen MR) is 81.0 cm³/mol. The van der Waals surface area contributed by atoms with Crippen LogP contribution in [-0.2, 0) is 6.54 Å². The summed E-state index contributed by atoms with van der Waals surface area (Å²) in [5.41, 5.74) is 2.24. The van der Waals surface area contributed by atoms with Crippen LogP contribution in [0.3, 0.4) is 0 Å². The second kappa shape index (κ2) is 5.62. The van der Waals surface area contributed by atoms with Crippen LogP contribution in [0.1, 0.15) is 35.6 Å². The minimum absolute atomic E-state index is 0.201. The standard InChI is InChI=1S/C16H18ClNO3/c1-9-4-13(11(3)21-9)10(2)18-7-12-5-14(17)16-15(6-12)19-8-20-16/h4-6,10,18H,7-8H2,1-3H3. The molecule has 0 bridgehead atoms. The Morgan fingerprint density at radius 1 is 1.24 bits per heavy atom. The number of ether oxygens (including phenoxy) is 2. The van der Waals surface area contributed by atoms with Crippen LogP contribution in [0, 0.1) is 13.8 Å². The van der Waals surface area contributed by atoms with Crippen molar-refractivity contribution in [1.82, 2.24) is 5.32 Å². The molecular weight excluding hydrogens is 290 g/mol. The van der Waals surface area contributed by atoms with E-state index in [-0.39, 0.29) is 12.8 Å². The Bertz CT molecular complexity index is 666. The van der Waals surface area contributed by atoms with E-state index in [0.29, 0.717) is 23.1 Å². The first-order chi connectivity index (χ1) is 10.0. The molecule has 1 unspecified atom stereocenters.